The van der Waals surface area contributed by atoms with Crippen molar-refractivity contribution in [3.05, 3.63) is 46.4 Å². The second kappa shape index (κ2) is 4.40. The number of nitrogens with zero attached hydrogens (tertiary/aromatic N) is 1. The van der Waals surface area contributed by atoms with Gasteiger partial charge in [0, 0.05) is 23.3 Å². The minimum absolute atomic E-state index is 0.411. The number of nitrogens with one attached hydrogen (secondary N) is 1. The van der Waals surface area contributed by atoms with E-state index in [-0.39, 0.29) is 0 Å². The first-order chi connectivity index (χ1) is 8.40. The first kappa shape index (κ1) is 10.6. The molecular weight excluding hydrogens is 228 g/mol. The lowest BCUT2D eigenvalue weighted by Gasteiger charge is -2.14. The highest BCUT2D eigenvalue weighted by Gasteiger charge is 2.32. The maximum absolute atomic E-state index is 5.32. The van der Waals surface area contributed by atoms with E-state index in [1.165, 1.54) is 10.4 Å². The van der Waals surface area contributed by atoms with Gasteiger partial charge in [-0.2, -0.15) is 0 Å². The van der Waals surface area contributed by atoms with Crippen LogP contribution in [-0.4, -0.2) is 11.1 Å². The van der Waals surface area contributed by atoms with Gasteiger partial charge in [-0.3, -0.25) is 5.32 Å². The largest absolute Gasteiger partial charge is 0.347 e. The van der Waals surface area contributed by atoms with E-state index in [9.17, 15) is 0 Å². The zero-order valence-electron chi connectivity index (χ0n) is 9.47. The molecule has 2 heterocycles. The van der Waals surface area contributed by atoms with Crippen LogP contribution < -0.4 is 5.32 Å². The fourth-order valence-electron chi connectivity index (χ4n) is 2.54. The van der Waals surface area contributed by atoms with Gasteiger partial charge in [0.1, 0.15) is 0 Å². The van der Waals surface area contributed by atoms with E-state index < -0.39 is 0 Å². The molecule has 3 heteroatoms. The summed E-state index contributed by atoms with van der Waals surface area (Å²) in [4.78, 5) is 1.44. The van der Waals surface area contributed by atoms with E-state index in [1.54, 1.807) is 0 Å². The summed E-state index contributed by atoms with van der Waals surface area (Å²) in [6, 6.07) is 7.26. The van der Waals surface area contributed by atoms with Crippen molar-refractivity contribution < 1.29 is 0 Å². The van der Waals surface area contributed by atoms with Crippen LogP contribution in [0.2, 0.25) is 0 Å². The van der Waals surface area contributed by atoms with Crippen LogP contribution in [0.1, 0.15) is 28.9 Å². The van der Waals surface area contributed by atoms with Crippen molar-refractivity contribution in [2.24, 2.45) is 0 Å². The molecule has 0 bridgehead atoms. The Morgan fingerprint density at radius 1 is 1.47 bits per heavy atom. The average molecular weight is 242 g/mol. The summed E-state index contributed by atoms with van der Waals surface area (Å²) in [5.74, 6) is 2.65. The van der Waals surface area contributed by atoms with Crippen molar-refractivity contribution in [2.45, 2.75) is 18.5 Å². The molecular formula is C14H14N2S. The molecule has 0 fully saturated rings. The molecule has 2 nitrogen and oxygen atoms in total. The lowest BCUT2D eigenvalue weighted by molar-refractivity contribution is 0.485. The number of aromatic nitrogens is 1. The van der Waals surface area contributed by atoms with Gasteiger partial charge in [0.05, 0.1) is 12.6 Å². The van der Waals surface area contributed by atoms with Gasteiger partial charge in [-0.1, -0.05) is 5.92 Å². The van der Waals surface area contributed by atoms with Gasteiger partial charge < -0.3 is 4.57 Å². The third-order valence-electron chi connectivity index (χ3n) is 3.30. The highest BCUT2D eigenvalue weighted by Crippen LogP contribution is 2.43. The lowest BCUT2D eigenvalue weighted by Crippen LogP contribution is -2.19. The number of rotatable bonds is 3. The first-order valence-corrected chi connectivity index (χ1v) is 6.64. The molecule has 0 saturated carbocycles. The molecule has 0 amide bonds. The Bertz CT molecular complexity index is 533. The van der Waals surface area contributed by atoms with Gasteiger partial charge in [-0.15, -0.1) is 17.8 Å². The molecule has 0 aromatic carbocycles. The number of hydrogen-bond donors (Lipinski definition) is 1. The molecule has 1 N–H and O–H groups in total. The third kappa shape index (κ3) is 1.80. The maximum Gasteiger partial charge on any atom is 0.0609 e. The second-order valence-electron chi connectivity index (χ2n) is 4.26. The molecule has 17 heavy (non-hydrogen) atoms. The average Bonchev–Trinajstić information content (AvgIpc) is 3.03. The predicted octanol–water partition coefficient (Wildman–Crippen LogP) is 2.81. The van der Waals surface area contributed by atoms with Crippen LogP contribution in [0.4, 0.5) is 0 Å². The van der Waals surface area contributed by atoms with E-state index in [2.05, 4.69) is 51.8 Å². The molecule has 0 unspecified atom stereocenters. The fourth-order valence-corrected chi connectivity index (χ4v) is 3.59. The Kier molecular flexibility index (Phi) is 2.76. The van der Waals surface area contributed by atoms with Gasteiger partial charge in [0.25, 0.3) is 0 Å². The van der Waals surface area contributed by atoms with E-state index in [1.807, 2.05) is 11.3 Å². The molecule has 86 valence electrons. The number of fused-ring (bicyclic) bond motifs is 1. The van der Waals surface area contributed by atoms with Crippen molar-refractivity contribution in [1.29, 1.82) is 0 Å². The fraction of sp³-hybridized carbons (Fsp3) is 0.286. The monoisotopic (exact) mass is 242 g/mol. The van der Waals surface area contributed by atoms with Crippen LogP contribution in [0.5, 0.6) is 0 Å². The minimum atomic E-state index is 0.411. The normalized spacial score (nSPS) is 22.3. The Balaban J connectivity index is 1.89. The standard InChI is InChI=1S/C14H14N2S/c1-2-6-15-12-10-13(16-7-3-4-8-16)11-5-9-17-14(11)12/h1,3-5,7-9,12-13,15H,6,10H2/t12-,13+/m1/s1. The smallest absolute Gasteiger partial charge is 0.0609 e. The van der Waals surface area contributed by atoms with Crippen LogP contribution in [0.3, 0.4) is 0 Å². The first-order valence-electron chi connectivity index (χ1n) is 5.76. The molecule has 2 aromatic heterocycles. The van der Waals surface area contributed by atoms with Crippen LogP contribution in [0.25, 0.3) is 0 Å². The highest BCUT2D eigenvalue weighted by molar-refractivity contribution is 7.10. The van der Waals surface area contributed by atoms with Gasteiger partial charge in [0.15, 0.2) is 0 Å². The summed E-state index contributed by atoms with van der Waals surface area (Å²) < 4.78 is 2.28. The molecule has 0 radical (unpaired) electrons. The van der Waals surface area contributed by atoms with E-state index in [4.69, 9.17) is 6.42 Å². The second-order valence-corrected chi connectivity index (χ2v) is 5.21. The predicted molar refractivity (Wildman–Crippen MR) is 71.1 cm³/mol. The van der Waals surface area contributed by atoms with E-state index in [0.717, 1.165) is 6.42 Å². The summed E-state index contributed by atoms with van der Waals surface area (Å²) in [5.41, 5.74) is 1.45. The lowest BCUT2D eigenvalue weighted by atomic mass is 10.1. The SMILES string of the molecule is C#CCN[C@@H]1C[C@H](n2cccc2)c2ccsc21. The van der Waals surface area contributed by atoms with Crippen molar-refractivity contribution in [3.63, 3.8) is 0 Å². The highest BCUT2D eigenvalue weighted by atomic mass is 32.1. The third-order valence-corrected chi connectivity index (χ3v) is 4.35. The van der Waals surface area contributed by atoms with Crippen molar-refractivity contribution in [2.75, 3.05) is 6.54 Å². The molecule has 2 atom stereocenters. The maximum atomic E-state index is 5.32. The number of thiophene rings is 1. The quantitative estimate of drug-likeness (QED) is 0.819. The molecule has 1 aliphatic carbocycles. The summed E-state index contributed by atoms with van der Waals surface area (Å²) in [7, 11) is 0. The van der Waals surface area contributed by atoms with E-state index in [0.29, 0.717) is 18.6 Å². The van der Waals surface area contributed by atoms with Gasteiger partial charge in [-0.25, -0.2) is 0 Å². The minimum Gasteiger partial charge on any atom is -0.347 e. The van der Waals surface area contributed by atoms with Crippen molar-refractivity contribution in [3.8, 4) is 12.3 Å². The summed E-state index contributed by atoms with van der Waals surface area (Å²) in [5, 5.41) is 5.60. The summed E-state index contributed by atoms with van der Waals surface area (Å²) >= 11 is 1.83. The number of hydrogen-bond acceptors (Lipinski definition) is 2. The van der Waals surface area contributed by atoms with Crippen LogP contribution >= 0.6 is 11.3 Å². The van der Waals surface area contributed by atoms with Crippen LogP contribution in [0, 0.1) is 12.3 Å². The summed E-state index contributed by atoms with van der Waals surface area (Å²) in [6.45, 7) is 0.639. The summed E-state index contributed by atoms with van der Waals surface area (Å²) in [6.07, 6.45) is 10.7. The Morgan fingerprint density at radius 3 is 3.06 bits per heavy atom. The zero-order chi connectivity index (χ0) is 11.7. The molecule has 2 aromatic rings. The topological polar surface area (TPSA) is 17.0 Å². The van der Waals surface area contributed by atoms with Crippen molar-refractivity contribution in [1.82, 2.24) is 9.88 Å². The Hall–Kier alpha value is -1.50. The van der Waals surface area contributed by atoms with Gasteiger partial charge in [-0.05, 0) is 35.6 Å². The molecule has 0 aliphatic heterocycles. The number of terminal acetylenes is 1. The Labute approximate surface area is 105 Å². The molecule has 0 spiro atoms. The van der Waals surface area contributed by atoms with Gasteiger partial charge >= 0.3 is 0 Å². The molecule has 1 aliphatic rings. The van der Waals surface area contributed by atoms with Crippen LogP contribution in [0.15, 0.2) is 36.0 Å². The van der Waals surface area contributed by atoms with Crippen molar-refractivity contribution >= 4 is 11.3 Å². The van der Waals surface area contributed by atoms with E-state index >= 15 is 0 Å². The zero-order valence-corrected chi connectivity index (χ0v) is 10.3. The molecule has 3 rings (SSSR count). The van der Waals surface area contributed by atoms with Gasteiger partial charge in [0.2, 0.25) is 0 Å². The van der Waals surface area contributed by atoms with Crippen LogP contribution in [-0.2, 0) is 0 Å². The Morgan fingerprint density at radius 2 is 2.29 bits per heavy atom. The molecule has 0 saturated heterocycles.